The Hall–Kier alpha value is -3.15. The van der Waals surface area contributed by atoms with Crippen molar-refractivity contribution in [2.75, 3.05) is 18.4 Å². The topological polar surface area (TPSA) is 75.7 Å². The van der Waals surface area contributed by atoms with Crippen LogP contribution in [0.2, 0.25) is 0 Å². The summed E-state index contributed by atoms with van der Waals surface area (Å²) in [4.78, 5) is 39.3. The van der Waals surface area contributed by atoms with Crippen LogP contribution in [0.3, 0.4) is 0 Å². The first-order valence-corrected chi connectivity index (χ1v) is 10.1. The minimum absolute atomic E-state index is 0.0240. The number of carbonyl (C=O) groups excluding carboxylic acids is 3. The summed E-state index contributed by atoms with van der Waals surface area (Å²) in [5.74, 6) is -0.734. The molecule has 2 aromatic carbocycles. The van der Waals surface area contributed by atoms with Gasteiger partial charge in [-0.2, -0.15) is 0 Å². The van der Waals surface area contributed by atoms with E-state index in [9.17, 15) is 14.4 Å². The zero-order chi connectivity index (χ0) is 20.2. The van der Waals surface area contributed by atoms with Gasteiger partial charge in [-0.3, -0.25) is 9.59 Å². The number of piperidine rings is 1. The summed E-state index contributed by atoms with van der Waals surface area (Å²) in [7, 11) is 0. The number of ether oxygens (including phenoxy) is 1. The van der Waals surface area contributed by atoms with Crippen LogP contribution >= 0.6 is 0 Å². The van der Waals surface area contributed by atoms with Crippen molar-refractivity contribution in [3.05, 3.63) is 65.2 Å². The lowest BCUT2D eigenvalue weighted by Crippen LogP contribution is -2.40. The van der Waals surface area contributed by atoms with Crippen LogP contribution in [-0.2, 0) is 20.7 Å². The maximum absolute atomic E-state index is 13.1. The number of hydrogen-bond acceptors (Lipinski definition) is 4. The van der Waals surface area contributed by atoms with E-state index in [1.54, 1.807) is 23.1 Å². The maximum atomic E-state index is 13.1. The third kappa shape index (κ3) is 4.31. The molecule has 0 saturated carbocycles. The fourth-order valence-corrected chi connectivity index (χ4v) is 3.85. The molecule has 6 nitrogen and oxygen atoms in total. The van der Waals surface area contributed by atoms with Gasteiger partial charge in [-0.15, -0.1) is 0 Å². The highest BCUT2D eigenvalue weighted by atomic mass is 16.5. The molecule has 150 valence electrons. The van der Waals surface area contributed by atoms with E-state index in [2.05, 4.69) is 5.32 Å². The summed E-state index contributed by atoms with van der Waals surface area (Å²) in [6, 6.07) is 14.2. The van der Waals surface area contributed by atoms with Gasteiger partial charge < -0.3 is 15.0 Å². The Bertz CT molecular complexity index is 920. The molecule has 0 aliphatic carbocycles. The number of hydrogen-bond donors (Lipinski definition) is 1. The molecule has 0 aromatic heterocycles. The molecule has 29 heavy (non-hydrogen) atoms. The first kappa shape index (κ1) is 19.2. The van der Waals surface area contributed by atoms with E-state index in [4.69, 9.17) is 4.74 Å². The van der Waals surface area contributed by atoms with Gasteiger partial charge in [-0.1, -0.05) is 30.3 Å². The number of amides is 2. The normalized spacial score (nSPS) is 17.1. The van der Waals surface area contributed by atoms with Crippen molar-refractivity contribution >= 4 is 23.5 Å². The number of likely N-dealkylation sites (tertiary alicyclic amines) is 1. The smallest absolute Gasteiger partial charge is 0.339 e. The molecular formula is C23H24N2O4. The number of esters is 1. The van der Waals surface area contributed by atoms with Crippen LogP contribution in [-0.4, -0.2) is 35.8 Å². The first-order chi connectivity index (χ1) is 14.1. The van der Waals surface area contributed by atoms with Crippen LogP contribution in [0.1, 0.15) is 53.3 Å². The lowest BCUT2D eigenvalue weighted by molar-refractivity contribution is -0.142. The van der Waals surface area contributed by atoms with Gasteiger partial charge in [0, 0.05) is 30.8 Å². The number of aryl methyl sites for hydroxylation is 1. The number of benzene rings is 2. The molecule has 2 heterocycles. The van der Waals surface area contributed by atoms with Crippen LogP contribution < -0.4 is 5.32 Å². The number of rotatable bonds is 4. The molecule has 0 radical (unpaired) electrons. The van der Waals surface area contributed by atoms with Gasteiger partial charge in [-0.25, -0.2) is 4.79 Å². The van der Waals surface area contributed by atoms with Crippen molar-refractivity contribution in [2.24, 2.45) is 0 Å². The number of nitrogens with zero attached hydrogens (tertiary/aromatic N) is 1. The van der Waals surface area contributed by atoms with Crippen LogP contribution in [0.25, 0.3) is 0 Å². The van der Waals surface area contributed by atoms with Crippen molar-refractivity contribution in [2.45, 2.75) is 38.2 Å². The Morgan fingerprint density at radius 2 is 1.72 bits per heavy atom. The van der Waals surface area contributed by atoms with Gasteiger partial charge >= 0.3 is 5.97 Å². The van der Waals surface area contributed by atoms with Crippen molar-refractivity contribution in [3.63, 3.8) is 0 Å². The molecule has 1 unspecified atom stereocenters. The zero-order valence-corrected chi connectivity index (χ0v) is 16.2. The SMILES string of the molecule is O=C1CCc2cc(C(=O)OC(C(=O)N3CCCCC3)c3ccccc3)ccc2N1. The summed E-state index contributed by atoms with van der Waals surface area (Å²) < 4.78 is 5.73. The highest BCUT2D eigenvalue weighted by Gasteiger charge is 2.31. The molecule has 4 rings (SSSR count). The molecule has 2 aromatic rings. The van der Waals surface area contributed by atoms with Gasteiger partial charge in [0.15, 0.2) is 0 Å². The molecule has 6 heteroatoms. The minimum atomic E-state index is -0.961. The molecule has 2 amide bonds. The van der Waals surface area contributed by atoms with Crippen LogP contribution in [0.15, 0.2) is 48.5 Å². The van der Waals surface area contributed by atoms with Gasteiger partial charge in [0.1, 0.15) is 0 Å². The van der Waals surface area contributed by atoms with Gasteiger partial charge in [-0.05, 0) is 49.4 Å². The van der Waals surface area contributed by atoms with E-state index in [0.717, 1.165) is 30.5 Å². The summed E-state index contributed by atoms with van der Waals surface area (Å²) in [5.41, 5.74) is 2.67. The Morgan fingerprint density at radius 3 is 2.48 bits per heavy atom. The predicted octanol–water partition coefficient (Wildman–Crippen LogP) is 3.48. The zero-order valence-electron chi connectivity index (χ0n) is 16.2. The average Bonchev–Trinajstić information content (AvgIpc) is 2.77. The first-order valence-electron chi connectivity index (χ1n) is 10.1. The second kappa shape index (κ2) is 8.47. The van der Waals surface area contributed by atoms with E-state index < -0.39 is 12.1 Å². The fourth-order valence-electron chi connectivity index (χ4n) is 3.85. The van der Waals surface area contributed by atoms with Crippen LogP contribution in [0.5, 0.6) is 0 Å². The minimum Gasteiger partial charge on any atom is -0.444 e. The molecule has 1 fully saturated rings. The molecule has 1 N–H and O–H groups in total. The highest BCUT2D eigenvalue weighted by Crippen LogP contribution is 2.27. The van der Waals surface area contributed by atoms with Crippen LogP contribution in [0.4, 0.5) is 5.69 Å². The highest BCUT2D eigenvalue weighted by molar-refractivity contribution is 5.97. The van der Waals surface area contributed by atoms with Crippen molar-refractivity contribution in [1.29, 1.82) is 0 Å². The van der Waals surface area contributed by atoms with Crippen molar-refractivity contribution in [3.8, 4) is 0 Å². The van der Waals surface area contributed by atoms with Gasteiger partial charge in [0.05, 0.1) is 5.56 Å². The number of anilines is 1. The summed E-state index contributed by atoms with van der Waals surface area (Å²) in [6.45, 7) is 1.39. The molecule has 1 saturated heterocycles. The third-order valence-electron chi connectivity index (χ3n) is 5.46. The predicted molar refractivity (Wildman–Crippen MR) is 108 cm³/mol. The van der Waals surface area contributed by atoms with E-state index in [0.29, 0.717) is 37.1 Å². The molecule has 1 atom stereocenters. The van der Waals surface area contributed by atoms with Crippen molar-refractivity contribution in [1.82, 2.24) is 4.90 Å². The second-order valence-corrected chi connectivity index (χ2v) is 7.50. The monoisotopic (exact) mass is 392 g/mol. The molecule has 0 bridgehead atoms. The summed E-state index contributed by atoms with van der Waals surface area (Å²) >= 11 is 0. The largest absolute Gasteiger partial charge is 0.444 e. The van der Waals surface area contributed by atoms with E-state index in [-0.39, 0.29) is 11.8 Å². The summed E-state index contributed by atoms with van der Waals surface area (Å²) in [5, 5.41) is 2.80. The average molecular weight is 392 g/mol. The standard InChI is InChI=1S/C23H24N2O4/c26-20-12-10-17-15-18(9-11-19(17)24-20)23(28)29-21(16-7-3-1-4-8-16)22(27)25-13-5-2-6-14-25/h1,3-4,7-9,11,15,21H,2,5-6,10,12-14H2,(H,24,26). The Labute approximate surface area is 169 Å². The lowest BCUT2D eigenvalue weighted by Gasteiger charge is -2.30. The number of carbonyl (C=O) groups is 3. The van der Waals surface area contributed by atoms with Crippen molar-refractivity contribution < 1.29 is 19.1 Å². The van der Waals surface area contributed by atoms with E-state index >= 15 is 0 Å². The lowest BCUT2D eigenvalue weighted by atomic mass is 10.0. The Morgan fingerprint density at radius 1 is 0.966 bits per heavy atom. The molecule has 0 spiro atoms. The quantitative estimate of drug-likeness (QED) is 0.809. The Balaban J connectivity index is 1.56. The van der Waals surface area contributed by atoms with E-state index in [1.165, 1.54) is 0 Å². The van der Waals surface area contributed by atoms with Gasteiger partial charge in [0.25, 0.3) is 5.91 Å². The second-order valence-electron chi connectivity index (χ2n) is 7.50. The summed E-state index contributed by atoms with van der Waals surface area (Å²) in [6.07, 6.45) is 3.07. The third-order valence-corrected chi connectivity index (χ3v) is 5.46. The number of nitrogens with one attached hydrogen (secondary N) is 1. The maximum Gasteiger partial charge on any atom is 0.339 e. The molecular weight excluding hydrogens is 368 g/mol. The molecule has 2 aliphatic rings. The van der Waals surface area contributed by atoms with Gasteiger partial charge in [0.2, 0.25) is 12.0 Å². The fraction of sp³-hybridized carbons (Fsp3) is 0.348. The van der Waals surface area contributed by atoms with Crippen LogP contribution in [0, 0.1) is 0 Å². The molecule has 2 aliphatic heterocycles. The number of fused-ring (bicyclic) bond motifs is 1. The van der Waals surface area contributed by atoms with E-state index in [1.807, 2.05) is 30.3 Å². The Kier molecular flexibility index (Phi) is 5.60.